The Bertz CT molecular complexity index is 422. The van der Waals surface area contributed by atoms with Gasteiger partial charge in [0.05, 0.1) is 6.61 Å². The van der Waals surface area contributed by atoms with Crippen molar-refractivity contribution in [1.29, 1.82) is 0 Å². The number of carbonyl (C=O) groups is 1. The highest BCUT2D eigenvalue weighted by atomic mass is 35.5. The third kappa shape index (κ3) is 3.91. The fourth-order valence-corrected chi connectivity index (χ4v) is 2.53. The monoisotopic (exact) mass is 282 g/mol. The van der Waals surface area contributed by atoms with Gasteiger partial charge in [0.2, 0.25) is 0 Å². The number of carbonyl (C=O) groups excluding carboxylic acids is 1. The average molecular weight is 283 g/mol. The van der Waals surface area contributed by atoms with Gasteiger partial charge in [-0.1, -0.05) is 24.1 Å². The Kier molecular flexibility index (Phi) is 5.16. The maximum Gasteiger partial charge on any atom is 0.323 e. The molecule has 1 unspecified atom stereocenters. The Hall–Kier alpha value is -1.13. The van der Waals surface area contributed by atoms with E-state index in [0.29, 0.717) is 18.3 Å². The van der Waals surface area contributed by atoms with Crippen molar-refractivity contribution in [2.24, 2.45) is 0 Å². The lowest BCUT2D eigenvalue weighted by molar-refractivity contribution is -0.151. The summed E-state index contributed by atoms with van der Waals surface area (Å²) >= 11 is 5.78. The van der Waals surface area contributed by atoms with Crippen LogP contribution in [-0.4, -0.2) is 35.0 Å². The third-order valence-electron chi connectivity index (χ3n) is 3.35. The van der Waals surface area contributed by atoms with E-state index in [1.165, 1.54) is 0 Å². The van der Waals surface area contributed by atoms with E-state index in [4.69, 9.17) is 16.3 Å². The molecule has 5 heteroatoms. The molecule has 0 aliphatic carbocycles. The van der Waals surface area contributed by atoms with Crippen LogP contribution in [0.1, 0.15) is 31.7 Å². The maximum absolute atomic E-state index is 12.0. The predicted molar refractivity (Wildman–Crippen MR) is 73.9 cm³/mol. The molecule has 19 heavy (non-hydrogen) atoms. The van der Waals surface area contributed by atoms with Gasteiger partial charge < -0.3 is 4.74 Å². The molecule has 4 nitrogen and oxygen atoms in total. The number of nitrogens with zero attached hydrogens (tertiary/aromatic N) is 2. The second-order valence-corrected chi connectivity index (χ2v) is 5.11. The molecule has 0 saturated carbocycles. The van der Waals surface area contributed by atoms with Crippen LogP contribution in [0.5, 0.6) is 0 Å². The fraction of sp³-hybridized carbons (Fsp3) is 0.571. The number of piperidine rings is 1. The molecule has 1 aliphatic rings. The Balaban J connectivity index is 2.03. The number of rotatable bonds is 4. The average Bonchev–Trinajstić information content (AvgIpc) is 2.42. The van der Waals surface area contributed by atoms with Crippen LogP contribution in [0.4, 0.5) is 0 Å². The first-order chi connectivity index (χ1) is 9.20. The van der Waals surface area contributed by atoms with Crippen LogP contribution in [0.15, 0.2) is 18.3 Å². The normalized spacial score (nSPS) is 20.2. The molecule has 0 radical (unpaired) electrons. The Morgan fingerprint density at radius 1 is 1.53 bits per heavy atom. The minimum atomic E-state index is -0.121. The summed E-state index contributed by atoms with van der Waals surface area (Å²) in [5.41, 5.74) is 1.07. The first-order valence-electron chi connectivity index (χ1n) is 6.72. The summed E-state index contributed by atoms with van der Waals surface area (Å²) in [6, 6.07) is 3.61. The molecule has 1 atom stereocenters. The number of aromatic nitrogens is 1. The van der Waals surface area contributed by atoms with E-state index < -0.39 is 0 Å². The first-order valence-corrected chi connectivity index (χ1v) is 7.09. The van der Waals surface area contributed by atoms with Crippen LogP contribution < -0.4 is 0 Å². The van der Waals surface area contributed by atoms with Crippen LogP contribution >= 0.6 is 11.6 Å². The predicted octanol–water partition coefficient (Wildman–Crippen LogP) is 2.65. The van der Waals surface area contributed by atoms with Crippen molar-refractivity contribution in [3.63, 3.8) is 0 Å². The Labute approximate surface area is 118 Å². The van der Waals surface area contributed by atoms with E-state index >= 15 is 0 Å². The largest absolute Gasteiger partial charge is 0.465 e. The summed E-state index contributed by atoms with van der Waals surface area (Å²) in [6.07, 6.45) is 4.84. The summed E-state index contributed by atoms with van der Waals surface area (Å²) in [4.78, 5) is 18.2. The van der Waals surface area contributed by atoms with Gasteiger partial charge in [-0.2, -0.15) is 0 Å². The lowest BCUT2D eigenvalue weighted by Crippen LogP contribution is -2.44. The van der Waals surface area contributed by atoms with Gasteiger partial charge >= 0.3 is 5.97 Å². The summed E-state index contributed by atoms with van der Waals surface area (Å²) in [6.45, 7) is 3.92. The van der Waals surface area contributed by atoms with Gasteiger partial charge in [-0.25, -0.2) is 4.98 Å². The highest BCUT2D eigenvalue weighted by Crippen LogP contribution is 2.21. The molecule has 1 saturated heterocycles. The Morgan fingerprint density at radius 3 is 3.05 bits per heavy atom. The molecule has 2 rings (SSSR count). The van der Waals surface area contributed by atoms with Crippen molar-refractivity contribution in [2.75, 3.05) is 13.2 Å². The zero-order chi connectivity index (χ0) is 13.7. The molecule has 1 aliphatic heterocycles. The van der Waals surface area contributed by atoms with Crippen molar-refractivity contribution >= 4 is 17.6 Å². The smallest absolute Gasteiger partial charge is 0.323 e. The van der Waals surface area contributed by atoms with Crippen LogP contribution in [0.3, 0.4) is 0 Å². The molecule has 1 aromatic rings. The van der Waals surface area contributed by atoms with E-state index in [1.807, 2.05) is 13.0 Å². The first kappa shape index (κ1) is 14.3. The van der Waals surface area contributed by atoms with Gasteiger partial charge in [0.25, 0.3) is 0 Å². The number of esters is 1. The van der Waals surface area contributed by atoms with E-state index in [9.17, 15) is 4.79 Å². The van der Waals surface area contributed by atoms with Gasteiger partial charge in [0.15, 0.2) is 0 Å². The molecule has 0 spiro atoms. The van der Waals surface area contributed by atoms with E-state index in [1.54, 1.807) is 12.3 Å². The topological polar surface area (TPSA) is 42.4 Å². The highest BCUT2D eigenvalue weighted by molar-refractivity contribution is 6.29. The molecule has 0 N–H and O–H groups in total. The molecule has 0 bridgehead atoms. The summed E-state index contributed by atoms with van der Waals surface area (Å²) in [5, 5.41) is 0.490. The molecule has 0 amide bonds. The van der Waals surface area contributed by atoms with Gasteiger partial charge in [0.1, 0.15) is 11.2 Å². The Morgan fingerprint density at radius 2 is 2.37 bits per heavy atom. The zero-order valence-corrected chi connectivity index (χ0v) is 11.9. The van der Waals surface area contributed by atoms with Gasteiger partial charge in [0, 0.05) is 12.7 Å². The summed E-state index contributed by atoms with van der Waals surface area (Å²) < 4.78 is 5.15. The van der Waals surface area contributed by atoms with Crippen molar-refractivity contribution in [1.82, 2.24) is 9.88 Å². The third-order valence-corrected chi connectivity index (χ3v) is 3.57. The number of hydrogen-bond donors (Lipinski definition) is 0. The second kappa shape index (κ2) is 6.87. The number of ether oxygens (including phenoxy) is 1. The van der Waals surface area contributed by atoms with Crippen molar-refractivity contribution in [3.8, 4) is 0 Å². The molecule has 2 heterocycles. The standard InChI is InChI=1S/C14H19ClN2O2/c1-2-19-14(18)12-5-3-4-8-17(12)10-11-6-7-13(15)16-9-11/h6-7,9,12H,2-5,8,10H2,1H3. The second-order valence-electron chi connectivity index (χ2n) is 4.72. The minimum absolute atomic E-state index is 0.107. The van der Waals surface area contributed by atoms with Crippen molar-refractivity contribution in [3.05, 3.63) is 29.0 Å². The molecule has 1 aromatic heterocycles. The van der Waals surface area contributed by atoms with E-state index in [-0.39, 0.29) is 12.0 Å². The lowest BCUT2D eigenvalue weighted by atomic mass is 10.0. The molecular formula is C14H19ClN2O2. The molecular weight excluding hydrogens is 264 g/mol. The molecule has 104 valence electrons. The quantitative estimate of drug-likeness (QED) is 0.629. The number of hydrogen-bond acceptors (Lipinski definition) is 4. The highest BCUT2D eigenvalue weighted by Gasteiger charge is 2.29. The maximum atomic E-state index is 12.0. The molecule has 0 aromatic carbocycles. The van der Waals surface area contributed by atoms with Crippen LogP contribution in [0.25, 0.3) is 0 Å². The van der Waals surface area contributed by atoms with Crippen LogP contribution in [-0.2, 0) is 16.1 Å². The van der Waals surface area contributed by atoms with Crippen LogP contribution in [0.2, 0.25) is 5.15 Å². The molecule has 1 fully saturated rings. The lowest BCUT2D eigenvalue weighted by Gasteiger charge is -2.33. The summed E-state index contributed by atoms with van der Waals surface area (Å²) in [5.74, 6) is -0.107. The van der Waals surface area contributed by atoms with Crippen molar-refractivity contribution in [2.45, 2.75) is 38.8 Å². The summed E-state index contributed by atoms with van der Waals surface area (Å²) in [7, 11) is 0. The number of pyridine rings is 1. The van der Waals surface area contributed by atoms with E-state index in [2.05, 4.69) is 9.88 Å². The number of likely N-dealkylation sites (tertiary alicyclic amines) is 1. The van der Waals surface area contributed by atoms with Crippen LogP contribution in [0, 0.1) is 0 Å². The SMILES string of the molecule is CCOC(=O)C1CCCCN1Cc1ccc(Cl)nc1. The number of halogens is 1. The van der Waals surface area contributed by atoms with Gasteiger partial charge in [-0.05, 0) is 37.9 Å². The van der Waals surface area contributed by atoms with Crippen molar-refractivity contribution < 1.29 is 9.53 Å². The fourth-order valence-electron chi connectivity index (χ4n) is 2.42. The van der Waals surface area contributed by atoms with Gasteiger partial charge in [-0.3, -0.25) is 9.69 Å². The van der Waals surface area contributed by atoms with E-state index in [0.717, 1.165) is 31.4 Å². The van der Waals surface area contributed by atoms with Gasteiger partial charge in [-0.15, -0.1) is 0 Å². The zero-order valence-electron chi connectivity index (χ0n) is 11.1. The minimum Gasteiger partial charge on any atom is -0.465 e.